The van der Waals surface area contributed by atoms with Crippen LogP contribution in [0.4, 0.5) is 5.69 Å². The molecule has 0 bridgehead atoms. The highest BCUT2D eigenvalue weighted by Crippen LogP contribution is 2.28. The highest BCUT2D eigenvalue weighted by Gasteiger charge is 2.21. The van der Waals surface area contributed by atoms with E-state index in [0.29, 0.717) is 0 Å². The molecule has 0 unspecified atom stereocenters. The lowest BCUT2D eigenvalue weighted by Crippen LogP contribution is -2.26. The van der Waals surface area contributed by atoms with Crippen LogP contribution in [0.1, 0.15) is 29.1 Å². The molecule has 2 aromatic rings. The van der Waals surface area contributed by atoms with Crippen molar-refractivity contribution in [1.29, 1.82) is 0 Å². The van der Waals surface area contributed by atoms with E-state index in [0.717, 1.165) is 12.2 Å². The van der Waals surface area contributed by atoms with Gasteiger partial charge in [-0.05, 0) is 29.6 Å². The first-order chi connectivity index (χ1) is 9.40. The summed E-state index contributed by atoms with van der Waals surface area (Å²) in [5.41, 5.74) is 0.950. The Morgan fingerprint density at radius 3 is 2.70 bits per heavy atom. The predicted molar refractivity (Wildman–Crippen MR) is 84.2 cm³/mol. The third-order valence-electron chi connectivity index (χ3n) is 3.12. The quantitative estimate of drug-likeness (QED) is 0.855. The highest BCUT2D eigenvalue weighted by molar-refractivity contribution is 7.10. The minimum atomic E-state index is -1.01. The molecule has 3 nitrogen and oxygen atoms in total. The zero-order chi connectivity index (χ0) is 14.8. The van der Waals surface area contributed by atoms with Gasteiger partial charge in [-0.25, -0.2) is 4.79 Å². The first-order valence-electron chi connectivity index (χ1n) is 6.21. The molecule has 0 spiro atoms. The van der Waals surface area contributed by atoms with Gasteiger partial charge in [-0.1, -0.05) is 31.5 Å². The standard InChI is InChI=1S/C15H16ClNO2S/c1-15(2,13-4-3-7-20-13)9-17-10-5-6-11(14(18)19)12(16)8-10/h3-8,17H,9H2,1-2H3,(H,18,19). The molecule has 2 N–H and O–H groups in total. The molecule has 0 atom stereocenters. The van der Waals surface area contributed by atoms with Gasteiger partial charge in [-0.15, -0.1) is 11.3 Å². The van der Waals surface area contributed by atoms with Crippen LogP contribution in [-0.2, 0) is 5.41 Å². The van der Waals surface area contributed by atoms with Crippen molar-refractivity contribution in [2.45, 2.75) is 19.3 Å². The number of carboxylic acid groups (broad SMARTS) is 1. The van der Waals surface area contributed by atoms with Gasteiger partial charge in [0.1, 0.15) is 0 Å². The average molecular weight is 310 g/mol. The largest absolute Gasteiger partial charge is 0.478 e. The molecule has 0 aliphatic carbocycles. The third kappa shape index (κ3) is 3.32. The van der Waals surface area contributed by atoms with Crippen LogP contribution in [0.25, 0.3) is 0 Å². The van der Waals surface area contributed by atoms with Gasteiger partial charge in [-0.2, -0.15) is 0 Å². The number of anilines is 1. The molecule has 1 aromatic heterocycles. The van der Waals surface area contributed by atoms with E-state index in [4.69, 9.17) is 16.7 Å². The van der Waals surface area contributed by atoms with E-state index in [1.807, 2.05) is 6.07 Å². The summed E-state index contributed by atoms with van der Waals surface area (Å²) in [6.45, 7) is 5.08. The number of thiophene rings is 1. The molecule has 0 saturated carbocycles. The van der Waals surface area contributed by atoms with Gasteiger partial charge in [0, 0.05) is 22.5 Å². The SMILES string of the molecule is CC(C)(CNc1ccc(C(=O)O)c(Cl)c1)c1cccs1. The molecule has 20 heavy (non-hydrogen) atoms. The van der Waals surface area contributed by atoms with Crippen molar-refractivity contribution in [1.82, 2.24) is 0 Å². The van der Waals surface area contributed by atoms with Gasteiger partial charge < -0.3 is 10.4 Å². The van der Waals surface area contributed by atoms with E-state index in [2.05, 4.69) is 30.6 Å². The second kappa shape index (κ2) is 5.85. The van der Waals surface area contributed by atoms with Gasteiger partial charge in [0.25, 0.3) is 0 Å². The van der Waals surface area contributed by atoms with E-state index < -0.39 is 5.97 Å². The number of aromatic carboxylic acids is 1. The van der Waals surface area contributed by atoms with Crippen molar-refractivity contribution in [3.63, 3.8) is 0 Å². The summed E-state index contributed by atoms with van der Waals surface area (Å²) in [6, 6.07) is 9.06. The summed E-state index contributed by atoms with van der Waals surface area (Å²) in [5, 5.41) is 14.6. The summed E-state index contributed by atoms with van der Waals surface area (Å²) in [6.07, 6.45) is 0. The second-order valence-electron chi connectivity index (χ2n) is 5.21. The number of nitrogens with one attached hydrogen (secondary N) is 1. The number of carboxylic acids is 1. The smallest absolute Gasteiger partial charge is 0.337 e. The number of carbonyl (C=O) groups is 1. The van der Waals surface area contributed by atoms with Crippen LogP contribution in [0.5, 0.6) is 0 Å². The van der Waals surface area contributed by atoms with Crippen LogP contribution in [0.2, 0.25) is 5.02 Å². The summed E-state index contributed by atoms with van der Waals surface area (Å²) < 4.78 is 0. The molecule has 0 aliphatic heterocycles. The van der Waals surface area contributed by atoms with Crippen LogP contribution < -0.4 is 5.32 Å². The molecule has 106 valence electrons. The zero-order valence-corrected chi connectivity index (χ0v) is 12.9. The number of benzene rings is 1. The van der Waals surface area contributed by atoms with E-state index in [1.165, 1.54) is 10.9 Å². The van der Waals surface area contributed by atoms with Crippen LogP contribution in [0, 0.1) is 0 Å². The Balaban J connectivity index is 2.08. The number of rotatable bonds is 5. The molecule has 0 radical (unpaired) electrons. The Morgan fingerprint density at radius 1 is 1.40 bits per heavy atom. The fourth-order valence-corrected chi connectivity index (χ4v) is 2.99. The van der Waals surface area contributed by atoms with Crippen LogP contribution in [0.3, 0.4) is 0 Å². The molecule has 0 fully saturated rings. The Hall–Kier alpha value is -1.52. The van der Waals surface area contributed by atoms with Gasteiger partial charge in [-0.3, -0.25) is 0 Å². The van der Waals surface area contributed by atoms with E-state index in [1.54, 1.807) is 23.5 Å². The van der Waals surface area contributed by atoms with Crippen LogP contribution >= 0.6 is 22.9 Å². The molecule has 2 rings (SSSR count). The van der Waals surface area contributed by atoms with Gasteiger partial charge in [0.15, 0.2) is 0 Å². The average Bonchev–Trinajstić information content (AvgIpc) is 2.90. The molecule has 5 heteroatoms. The molecule has 1 heterocycles. The summed E-state index contributed by atoms with van der Waals surface area (Å²) in [4.78, 5) is 12.2. The predicted octanol–water partition coefficient (Wildman–Crippen LogP) is 4.49. The fourth-order valence-electron chi connectivity index (χ4n) is 1.87. The molecule has 0 amide bonds. The van der Waals surface area contributed by atoms with Gasteiger partial charge in [0.2, 0.25) is 0 Å². The summed E-state index contributed by atoms with van der Waals surface area (Å²) in [5.74, 6) is -1.01. The maximum atomic E-state index is 10.9. The Bertz CT molecular complexity index is 608. The van der Waals surface area contributed by atoms with E-state index in [9.17, 15) is 4.79 Å². The Kier molecular flexibility index (Phi) is 4.35. The molecule has 0 saturated heterocycles. The number of hydrogen-bond acceptors (Lipinski definition) is 3. The molecular weight excluding hydrogens is 294 g/mol. The van der Waals surface area contributed by atoms with Crippen molar-refractivity contribution >= 4 is 34.6 Å². The first kappa shape index (κ1) is 14.9. The molecular formula is C15H16ClNO2S. The van der Waals surface area contributed by atoms with Crippen molar-refractivity contribution in [3.05, 3.63) is 51.2 Å². The lowest BCUT2D eigenvalue weighted by Gasteiger charge is -2.24. The van der Waals surface area contributed by atoms with E-state index >= 15 is 0 Å². The van der Waals surface area contributed by atoms with Gasteiger partial charge in [0.05, 0.1) is 10.6 Å². The maximum absolute atomic E-state index is 10.9. The minimum Gasteiger partial charge on any atom is -0.478 e. The highest BCUT2D eigenvalue weighted by atomic mass is 35.5. The zero-order valence-electron chi connectivity index (χ0n) is 11.3. The summed E-state index contributed by atoms with van der Waals surface area (Å²) >= 11 is 7.69. The van der Waals surface area contributed by atoms with Crippen LogP contribution in [0.15, 0.2) is 35.7 Å². The monoisotopic (exact) mass is 309 g/mol. The topological polar surface area (TPSA) is 49.3 Å². The molecule has 0 aliphatic rings. The van der Waals surface area contributed by atoms with Crippen molar-refractivity contribution in [3.8, 4) is 0 Å². The number of hydrogen-bond donors (Lipinski definition) is 2. The second-order valence-corrected chi connectivity index (χ2v) is 6.57. The van der Waals surface area contributed by atoms with Gasteiger partial charge >= 0.3 is 5.97 Å². The molecule has 1 aromatic carbocycles. The summed E-state index contributed by atoms with van der Waals surface area (Å²) in [7, 11) is 0. The van der Waals surface area contributed by atoms with Crippen molar-refractivity contribution < 1.29 is 9.90 Å². The minimum absolute atomic E-state index is 0.00606. The lowest BCUT2D eigenvalue weighted by atomic mass is 9.91. The Morgan fingerprint density at radius 2 is 2.15 bits per heavy atom. The normalized spacial score (nSPS) is 11.3. The maximum Gasteiger partial charge on any atom is 0.337 e. The van der Waals surface area contributed by atoms with Crippen LogP contribution in [-0.4, -0.2) is 17.6 Å². The van der Waals surface area contributed by atoms with E-state index in [-0.39, 0.29) is 16.0 Å². The lowest BCUT2D eigenvalue weighted by molar-refractivity contribution is 0.0697. The third-order valence-corrected chi connectivity index (χ3v) is 4.67. The Labute approximate surface area is 127 Å². The van der Waals surface area contributed by atoms with Crippen molar-refractivity contribution in [2.24, 2.45) is 0 Å². The fraction of sp³-hybridized carbons (Fsp3) is 0.267. The van der Waals surface area contributed by atoms with Crippen molar-refractivity contribution in [2.75, 3.05) is 11.9 Å². The number of halogens is 1. The first-order valence-corrected chi connectivity index (χ1v) is 7.46.